The van der Waals surface area contributed by atoms with Crippen LogP contribution in [0.5, 0.6) is 0 Å². The molecule has 0 aliphatic carbocycles. The van der Waals surface area contributed by atoms with Gasteiger partial charge in [-0.25, -0.2) is 9.78 Å². The molecule has 0 bridgehead atoms. The Morgan fingerprint density at radius 2 is 1.92 bits per heavy atom. The third-order valence-electron chi connectivity index (χ3n) is 3.51. The second kappa shape index (κ2) is 7.34. The molecule has 0 radical (unpaired) electrons. The lowest BCUT2D eigenvalue weighted by Crippen LogP contribution is -2.32. The fraction of sp³-hybridized carbons (Fsp3) is 0.368. The molecule has 2 aromatic rings. The van der Waals surface area contributed by atoms with Crippen LogP contribution in [0.3, 0.4) is 0 Å². The van der Waals surface area contributed by atoms with Gasteiger partial charge in [-0.1, -0.05) is 18.2 Å². The van der Waals surface area contributed by atoms with Crippen molar-refractivity contribution in [2.45, 2.75) is 39.8 Å². The zero-order chi connectivity index (χ0) is 17.7. The van der Waals surface area contributed by atoms with E-state index in [2.05, 4.69) is 10.3 Å². The molecule has 1 aromatic carbocycles. The van der Waals surface area contributed by atoms with E-state index < -0.39 is 11.7 Å². The van der Waals surface area contributed by atoms with E-state index in [1.807, 2.05) is 76.0 Å². The van der Waals surface area contributed by atoms with Crippen molar-refractivity contribution in [3.8, 4) is 0 Å². The van der Waals surface area contributed by atoms with Crippen molar-refractivity contribution in [1.82, 2.24) is 10.3 Å². The number of aryl methyl sites for hydroxylation is 1. The van der Waals surface area contributed by atoms with Gasteiger partial charge in [-0.05, 0) is 57.0 Å². The highest BCUT2D eigenvalue weighted by molar-refractivity contribution is 5.67. The van der Waals surface area contributed by atoms with Gasteiger partial charge in [0.1, 0.15) is 11.4 Å². The van der Waals surface area contributed by atoms with Gasteiger partial charge >= 0.3 is 6.09 Å². The van der Waals surface area contributed by atoms with Crippen molar-refractivity contribution >= 4 is 17.6 Å². The molecule has 2 rings (SSSR count). The van der Waals surface area contributed by atoms with Gasteiger partial charge in [-0.3, -0.25) is 0 Å². The van der Waals surface area contributed by atoms with E-state index >= 15 is 0 Å². The van der Waals surface area contributed by atoms with Crippen LogP contribution in [0.25, 0.3) is 0 Å². The second-order valence-corrected chi connectivity index (χ2v) is 6.72. The van der Waals surface area contributed by atoms with Crippen LogP contribution in [0.1, 0.15) is 31.9 Å². The zero-order valence-corrected chi connectivity index (χ0v) is 15.0. The van der Waals surface area contributed by atoms with Crippen molar-refractivity contribution in [1.29, 1.82) is 0 Å². The van der Waals surface area contributed by atoms with Crippen LogP contribution in [-0.4, -0.2) is 23.7 Å². The molecular weight excluding hydrogens is 302 g/mol. The van der Waals surface area contributed by atoms with Gasteiger partial charge in [-0.15, -0.1) is 0 Å². The molecule has 1 aromatic heterocycles. The Bertz CT molecular complexity index is 694. The van der Waals surface area contributed by atoms with Crippen LogP contribution in [0.15, 0.2) is 42.6 Å². The maximum absolute atomic E-state index is 11.7. The zero-order valence-electron chi connectivity index (χ0n) is 15.0. The number of carbonyl (C=O) groups excluding carboxylic acids is 1. The molecule has 5 heteroatoms. The highest BCUT2D eigenvalue weighted by Crippen LogP contribution is 2.22. The normalized spacial score (nSPS) is 11.0. The Morgan fingerprint density at radius 1 is 1.25 bits per heavy atom. The molecular formula is C19H25N3O2. The molecule has 0 saturated carbocycles. The fourth-order valence-electron chi connectivity index (χ4n) is 2.20. The Kier molecular flexibility index (Phi) is 5.44. The van der Waals surface area contributed by atoms with Crippen LogP contribution in [0.4, 0.5) is 16.3 Å². The van der Waals surface area contributed by atoms with E-state index in [1.165, 1.54) is 0 Å². The van der Waals surface area contributed by atoms with Crippen molar-refractivity contribution in [3.63, 3.8) is 0 Å². The molecule has 0 fully saturated rings. The molecule has 1 amide bonds. The second-order valence-electron chi connectivity index (χ2n) is 6.72. The predicted octanol–water partition coefficient (Wildman–Crippen LogP) is 4.18. The maximum atomic E-state index is 11.7. The summed E-state index contributed by atoms with van der Waals surface area (Å²) in [5.74, 6) is 0.861. The fourth-order valence-corrected chi connectivity index (χ4v) is 2.20. The Morgan fingerprint density at radius 3 is 2.50 bits per heavy atom. The predicted molar refractivity (Wildman–Crippen MR) is 96.6 cm³/mol. The molecule has 0 aliphatic heterocycles. The number of ether oxygens (including phenoxy) is 1. The molecule has 1 N–H and O–H groups in total. The van der Waals surface area contributed by atoms with Gasteiger partial charge < -0.3 is 15.0 Å². The molecule has 0 atom stereocenters. The van der Waals surface area contributed by atoms with Gasteiger partial charge in [-0.2, -0.15) is 0 Å². The number of anilines is 2. The minimum Gasteiger partial charge on any atom is -0.444 e. The average Bonchev–Trinajstić information content (AvgIpc) is 2.52. The molecule has 0 unspecified atom stereocenters. The van der Waals surface area contributed by atoms with Gasteiger partial charge in [0.25, 0.3) is 0 Å². The molecule has 5 nitrogen and oxygen atoms in total. The van der Waals surface area contributed by atoms with Gasteiger partial charge in [0.15, 0.2) is 0 Å². The molecule has 128 valence electrons. The van der Waals surface area contributed by atoms with Crippen molar-refractivity contribution in [3.05, 3.63) is 53.7 Å². The Labute approximate surface area is 143 Å². The van der Waals surface area contributed by atoms with Crippen molar-refractivity contribution < 1.29 is 9.53 Å². The number of nitrogens with one attached hydrogen (secondary N) is 1. The topological polar surface area (TPSA) is 54.5 Å². The largest absolute Gasteiger partial charge is 0.444 e. The summed E-state index contributed by atoms with van der Waals surface area (Å²) >= 11 is 0. The number of nitrogens with zero attached hydrogens (tertiary/aromatic N) is 2. The minimum atomic E-state index is -0.500. The number of hydrogen-bond acceptors (Lipinski definition) is 4. The first kappa shape index (κ1) is 17.8. The first-order valence-electron chi connectivity index (χ1n) is 7.97. The van der Waals surface area contributed by atoms with Crippen LogP contribution >= 0.6 is 0 Å². The summed E-state index contributed by atoms with van der Waals surface area (Å²) in [5.41, 5.74) is 2.61. The summed E-state index contributed by atoms with van der Waals surface area (Å²) in [4.78, 5) is 18.3. The summed E-state index contributed by atoms with van der Waals surface area (Å²) < 4.78 is 5.24. The highest BCUT2D eigenvalue weighted by Gasteiger charge is 2.16. The highest BCUT2D eigenvalue weighted by atomic mass is 16.6. The number of amides is 1. The lowest BCUT2D eigenvalue weighted by atomic mass is 10.1. The summed E-state index contributed by atoms with van der Waals surface area (Å²) in [6.07, 6.45) is 1.37. The molecule has 0 spiro atoms. The number of carbonyl (C=O) groups is 1. The number of aromatic nitrogens is 1. The summed E-state index contributed by atoms with van der Waals surface area (Å²) in [7, 11) is 1.98. The molecule has 0 aliphatic rings. The van der Waals surface area contributed by atoms with E-state index in [0.29, 0.717) is 6.54 Å². The number of pyridine rings is 1. The number of alkyl carbamates (subject to hydrolysis) is 1. The van der Waals surface area contributed by atoms with Crippen molar-refractivity contribution in [2.75, 3.05) is 11.9 Å². The van der Waals surface area contributed by atoms with E-state index in [0.717, 1.165) is 22.6 Å². The van der Waals surface area contributed by atoms with Gasteiger partial charge in [0.2, 0.25) is 0 Å². The molecule has 0 saturated heterocycles. The van der Waals surface area contributed by atoms with E-state index in [1.54, 1.807) is 6.20 Å². The summed E-state index contributed by atoms with van der Waals surface area (Å²) in [6.45, 7) is 7.92. The smallest absolute Gasteiger partial charge is 0.407 e. The van der Waals surface area contributed by atoms with Crippen LogP contribution < -0.4 is 10.2 Å². The van der Waals surface area contributed by atoms with Crippen LogP contribution in [0.2, 0.25) is 0 Å². The monoisotopic (exact) mass is 327 g/mol. The van der Waals surface area contributed by atoms with E-state index in [4.69, 9.17) is 4.74 Å². The van der Waals surface area contributed by atoms with E-state index in [-0.39, 0.29) is 0 Å². The standard InChI is InChI=1S/C19H25N3O2/c1-14-11-17(22(5)16-9-7-6-8-10-16)20-12-15(14)13-21-18(23)24-19(2,3)4/h6-12H,13H2,1-5H3,(H,21,23). The third-order valence-corrected chi connectivity index (χ3v) is 3.51. The number of hydrogen-bond donors (Lipinski definition) is 1. The number of para-hydroxylation sites is 1. The van der Waals surface area contributed by atoms with Gasteiger partial charge in [0, 0.05) is 25.5 Å². The quantitative estimate of drug-likeness (QED) is 0.915. The average molecular weight is 327 g/mol. The lowest BCUT2D eigenvalue weighted by molar-refractivity contribution is 0.0523. The van der Waals surface area contributed by atoms with Crippen LogP contribution in [-0.2, 0) is 11.3 Å². The summed E-state index contributed by atoms with van der Waals surface area (Å²) in [5, 5.41) is 2.76. The summed E-state index contributed by atoms with van der Waals surface area (Å²) in [6, 6.07) is 12.1. The van der Waals surface area contributed by atoms with Crippen molar-refractivity contribution in [2.24, 2.45) is 0 Å². The SMILES string of the molecule is Cc1cc(N(C)c2ccccc2)ncc1CNC(=O)OC(C)(C)C. The van der Waals surface area contributed by atoms with Crippen LogP contribution in [0, 0.1) is 6.92 Å². The Hall–Kier alpha value is -2.56. The first-order chi connectivity index (χ1) is 11.3. The van der Waals surface area contributed by atoms with Gasteiger partial charge in [0.05, 0.1) is 0 Å². The Balaban J connectivity index is 2.03. The molecule has 1 heterocycles. The number of rotatable bonds is 4. The lowest BCUT2D eigenvalue weighted by Gasteiger charge is -2.21. The molecule has 24 heavy (non-hydrogen) atoms. The maximum Gasteiger partial charge on any atom is 0.407 e. The third kappa shape index (κ3) is 4.98. The van der Waals surface area contributed by atoms with E-state index in [9.17, 15) is 4.79 Å². The first-order valence-corrected chi connectivity index (χ1v) is 7.97. The number of benzene rings is 1. The minimum absolute atomic E-state index is 0.392.